The van der Waals surface area contributed by atoms with E-state index >= 15 is 0 Å². The minimum absolute atomic E-state index is 0.0266. The summed E-state index contributed by atoms with van der Waals surface area (Å²) >= 11 is 3.19. The number of alkyl carbamates (subject to hydrolysis) is 1. The quantitative estimate of drug-likeness (QED) is 0.307. The number of carbonyl (C=O) groups excluding carboxylic acids is 4. The molecular formula is C33H40BrN3O8. The smallest absolute Gasteiger partial charge is 0.417 e. The van der Waals surface area contributed by atoms with Crippen LogP contribution in [-0.2, 0) is 23.9 Å². The van der Waals surface area contributed by atoms with Gasteiger partial charge in [0.2, 0.25) is 11.8 Å². The van der Waals surface area contributed by atoms with Crippen LogP contribution in [-0.4, -0.2) is 58.0 Å². The zero-order valence-electron chi connectivity index (χ0n) is 25.0. The van der Waals surface area contributed by atoms with Crippen LogP contribution in [0.4, 0.5) is 9.59 Å². The number of halogens is 1. The van der Waals surface area contributed by atoms with Crippen LogP contribution in [0.2, 0.25) is 0 Å². The molecular weight excluding hydrogens is 646 g/mol. The molecule has 4 amide bonds. The van der Waals surface area contributed by atoms with Crippen LogP contribution in [0.5, 0.6) is 0 Å². The van der Waals surface area contributed by atoms with Gasteiger partial charge in [-0.1, -0.05) is 76.6 Å². The standard InChI is InChI=1S/C14H15NO3.C9H9NO2.C5H8BrNO.C5H8O2/c16-13(8-10-6-7-10)15-12(9-18-14(15)17)11-4-2-1-3-5-11;11-9-10-8(6-12-9)7-4-2-1-3-5-7;6-4(5(7)8)3-1-2-3;6-5(7)3-4-1-2-4/h1-5,10,12H,6-9H2;1-5,8H,6H2,(H,10,11);3-4H,1-2H2,(H2,7,8);4H,1-3H2,(H,6,7)/t12-;8-;4-;/m110./s1. The van der Waals surface area contributed by atoms with Gasteiger partial charge in [-0.3, -0.25) is 14.4 Å². The van der Waals surface area contributed by atoms with Crippen LogP contribution in [0.25, 0.3) is 0 Å². The molecule has 242 valence electrons. The molecule has 2 heterocycles. The second-order valence-corrected chi connectivity index (χ2v) is 12.8. The van der Waals surface area contributed by atoms with Gasteiger partial charge in [0, 0.05) is 12.8 Å². The average Bonchev–Trinajstić information content (AvgIpc) is 3.95. The number of ether oxygens (including phenoxy) is 2. The summed E-state index contributed by atoms with van der Waals surface area (Å²) in [5.74, 6) is 0.552. The Bertz CT molecular complexity index is 1320. The van der Waals surface area contributed by atoms with Gasteiger partial charge in [-0.25, -0.2) is 14.5 Å². The Balaban J connectivity index is 0.000000147. The molecule has 0 aromatic heterocycles. The lowest BCUT2D eigenvalue weighted by Crippen LogP contribution is -2.34. The molecule has 7 rings (SSSR count). The maximum absolute atomic E-state index is 12.1. The number of cyclic esters (lactones) is 2. The lowest BCUT2D eigenvalue weighted by Gasteiger charge is -2.19. The topological polar surface area (TPSA) is 165 Å². The SMILES string of the molecule is NC(=O)[C@@H](Br)C1CC1.O=C(CC1CC1)N1C(=O)OC[C@@H]1c1ccccc1.O=C(O)CC1CC1.O=C1N[C@@H](c2ccccc2)CO1. The highest BCUT2D eigenvalue weighted by molar-refractivity contribution is 9.10. The number of hydrogen-bond donors (Lipinski definition) is 3. The van der Waals surface area contributed by atoms with E-state index in [1.165, 1.54) is 4.90 Å². The van der Waals surface area contributed by atoms with Crippen LogP contribution in [0.3, 0.4) is 0 Å². The van der Waals surface area contributed by atoms with Crippen molar-refractivity contribution < 1.29 is 38.6 Å². The fraction of sp³-hybridized carbons (Fsp3) is 0.485. The molecule has 0 spiro atoms. The van der Waals surface area contributed by atoms with Crippen molar-refractivity contribution in [1.29, 1.82) is 0 Å². The minimum Gasteiger partial charge on any atom is -0.481 e. The highest BCUT2D eigenvalue weighted by Crippen LogP contribution is 2.37. The number of alkyl halides is 1. The van der Waals surface area contributed by atoms with E-state index in [1.54, 1.807) is 0 Å². The van der Waals surface area contributed by atoms with Gasteiger partial charge in [-0.05, 0) is 67.4 Å². The third-order valence-electron chi connectivity index (χ3n) is 7.83. The molecule has 0 unspecified atom stereocenters. The molecule has 45 heavy (non-hydrogen) atoms. The maximum Gasteiger partial charge on any atom is 0.417 e. The Morgan fingerprint density at radius 2 is 1.40 bits per heavy atom. The monoisotopic (exact) mass is 685 g/mol. The van der Waals surface area contributed by atoms with E-state index in [9.17, 15) is 24.0 Å². The summed E-state index contributed by atoms with van der Waals surface area (Å²) in [6, 6.07) is 19.1. The number of amides is 4. The molecule has 5 fully saturated rings. The molecule has 2 aromatic rings. The molecule has 11 nitrogen and oxygen atoms in total. The predicted molar refractivity (Wildman–Crippen MR) is 168 cm³/mol. The fourth-order valence-electron chi connectivity index (χ4n) is 4.72. The molecule has 3 aliphatic carbocycles. The molecule has 5 aliphatic rings. The van der Waals surface area contributed by atoms with Gasteiger partial charge in [0.05, 0.1) is 10.9 Å². The molecule has 0 bridgehead atoms. The van der Waals surface area contributed by atoms with Crippen LogP contribution in [0.1, 0.15) is 74.6 Å². The van der Waals surface area contributed by atoms with E-state index in [0.717, 1.165) is 49.7 Å². The Hall–Kier alpha value is -3.93. The number of nitrogens with zero attached hydrogens (tertiary/aromatic N) is 1. The number of nitrogens with one attached hydrogen (secondary N) is 1. The van der Waals surface area contributed by atoms with E-state index in [1.807, 2.05) is 60.7 Å². The van der Waals surface area contributed by atoms with Crippen molar-refractivity contribution in [2.75, 3.05) is 13.2 Å². The van der Waals surface area contributed by atoms with Crippen molar-refractivity contribution in [2.24, 2.45) is 23.5 Å². The van der Waals surface area contributed by atoms with Crippen molar-refractivity contribution in [1.82, 2.24) is 10.2 Å². The van der Waals surface area contributed by atoms with Crippen LogP contribution in [0, 0.1) is 17.8 Å². The molecule has 2 saturated heterocycles. The first-order valence-corrected chi connectivity index (χ1v) is 16.2. The molecule has 3 atom stereocenters. The van der Waals surface area contributed by atoms with Gasteiger partial charge in [-0.15, -0.1) is 0 Å². The maximum atomic E-state index is 12.1. The number of carbonyl (C=O) groups is 5. The number of hydrogen-bond acceptors (Lipinski definition) is 7. The van der Waals surface area contributed by atoms with Gasteiger partial charge in [0.25, 0.3) is 0 Å². The van der Waals surface area contributed by atoms with Crippen LogP contribution >= 0.6 is 15.9 Å². The summed E-state index contributed by atoms with van der Waals surface area (Å²) in [6.07, 6.45) is 6.79. The van der Waals surface area contributed by atoms with Gasteiger partial charge >= 0.3 is 18.2 Å². The Labute approximate surface area is 270 Å². The minimum atomic E-state index is -0.650. The first-order valence-electron chi connectivity index (χ1n) is 15.3. The van der Waals surface area contributed by atoms with Crippen molar-refractivity contribution in [3.63, 3.8) is 0 Å². The van der Waals surface area contributed by atoms with E-state index in [4.69, 9.17) is 20.3 Å². The summed E-state index contributed by atoms with van der Waals surface area (Å²) < 4.78 is 9.79. The summed E-state index contributed by atoms with van der Waals surface area (Å²) in [5.41, 5.74) is 7.03. The van der Waals surface area contributed by atoms with Crippen molar-refractivity contribution in [3.05, 3.63) is 71.8 Å². The zero-order chi connectivity index (χ0) is 32.3. The van der Waals surface area contributed by atoms with Gasteiger partial charge in [0.15, 0.2) is 0 Å². The van der Waals surface area contributed by atoms with E-state index in [-0.39, 0.29) is 41.4 Å². The number of aliphatic carboxylic acids is 1. The van der Waals surface area contributed by atoms with Crippen LogP contribution < -0.4 is 11.1 Å². The first kappa shape index (κ1) is 34.0. The molecule has 12 heteroatoms. The highest BCUT2D eigenvalue weighted by Gasteiger charge is 2.40. The molecule has 2 aliphatic heterocycles. The third kappa shape index (κ3) is 11.5. The fourth-order valence-corrected chi connectivity index (χ4v) is 5.25. The predicted octanol–water partition coefficient (Wildman–Crippen LogP) is 5.49. The van der Waals surface area contributed by atoms with Crippen LogP contribution in [0.15, 0.2) is 60.7 Å². The van der Waals surface area contributed by atoms with Crippen molar-refractivity contribution >= 4 is 45.9 Å². The average molecular weight is 687 g/mol. The summed E-state index contributed by atoms with van der Waals surface area (Å²) in [4.78, 5) is 55.9. The van der Waals surface area contributed by atoms with E-state index in [2.05, 4.69) is 21.2 Å². The number of benzene rings is 2. The summed E-state index contributed by atoms with van der Waals surface area (Å²) in [6.45, 7) is 0.697. The third-order valence-corrected chi connectivity index (χ3v) is 9.03. The highest BCUT2D eigenvalue weighted by atomic mass is 79.9. The normalized spacial score (nSPS) is 22.0. The van der Waals surface area contributed by atoms with E-state index in [0.29, 0.717) is 37.2 Å². The van der Waals surface area contributed by atoms with Crippen molar-refractivity contribution in [2.45, 2.75) is 68.3 Å². The lowest BCUT2D eigenvalue weighted by atomic mass is 10.1. The van der Waals surface area contributed by atoms with Gasteiger partial charge in [-0.2, -0.15) is 0 Å². The van der Waals surface area contributed by atoms with Crippen molar-refractivity contribution in [3.8, 4) is 0 Å². The number of primary amides is 1. The number of rotatable bonds is 8. The second-order valence-electron chi connectivity index (χ2n) is 11.8. The number of carboxylic acid groups (broad SMARTS) is 1. The Kier molecular flexibility index (Phi) is 12.4. The first-order chi connectivity index (χ1) is 21.6. The van der Waals surface area contributed by atoms with E-state index < -0.39 is 12.1 Å². The Morgan fingerprint density at radius 3 is 1.82 bits per heavy atom. The second kappa shape index (κ2) is 16.4. The number of nitrogens with two attached hydrogens (primary N) is 1. The molecule has 4 N–H and O–H groups in total. The largest absolute Gasteiger partial charge is 0.481 e. The zero-order valence-corrected chi connectivity index (χ0v) is 26.6. The lowest BCUT2D eigenvalue weighted by molar-refractivity contribution is -0.137. The van der Waals surface area contributed by atoms with Gasteiger partial charge in [0.1, 0.15) is 19.3 Å². The number of imide groups is 1. The molecule has 2 aromatic carbocycles. The number of carboxylic acids is 1. The molecule has 0 radical (unpaired) electrons. The van der Waals surface area contributed by atoms with Gasteiger partial charge < -0.3 is 25.6 Å². The summed E-state index contributed by atoms with van der Waals surface area (Å²) in [7, 11) is 0. The molecule has 3 saturated carbocycles. The summed E-state index contributed by atoms with van der Waals surface area (Å²) in [5, 5.41) is 10.8. The Morgan fingerprint density at radius 1 is 0.844 bits per heavy atom.